The number of carbonyl (C=O) groups is 1. The highest BCUT2D eigenvalue weighted by atomic mass is 16.1. The van der Waals surface area contributed by atoms with Gasteiger partial charge in [-0.2, -0.15) is 0 Å². The van der Waals surface area contributed by atoms with Crippen molar-refractivity contribution in [2.45, 2.75) is 51.0 Å². The average molecular weight is 365 g/mol. The molecule has 1 aliphatic heterocycles. The van der Waals surface area contributed by atoms with Crippen molar-refractivity contribution in [3.8, 4) is 0 Å². The van der Waals surface area contributed by atoms with Crippen molar-refractivity contribution in [3.05, 3.63) is 42.4 Å². The minimum atomic E-state index is -0.210. The quantitative estimate of drug-likeness (QED) is 0.836. The minimum Gasteiger partial charge on any atom is -0.372 e. The van der Waals surface area contributed by atoms with Gasteiger partial charge in [-0.25, -0.2) is 9.97 Å². The van der Waals surface area contributed by atoms with Crippen LogP contribution in [0.25, 0.3) is 0 Å². The zero-order valence-corrected chi connectivity index (χ0v) is 15.7. The summed E-state index contributed by atoms with van der Waals surface area (Å²) in [5.41, 5.74) is 2.38. The summed E-state index contributed by atoms with van der Waals surface area (Å²) >= 11 is 0. The van der Waals surface area contributed by atoms with Crippen molar-refractivity contribution in [2.24, 2.45) is 0 Å². The Kier molecular flexibility index (Phi) is 5.51. The lowest BCUT2D eigenvalue weighted by molar-refractivity contribution is 0.102. The molecule has 142 valence electrons. The summed E-state index contributed by atoms with van der Waals surface area (Å²) in [7, 11) is 0. The third-order valence-electron chi connectivity index (χ3n) is 5.45. The van der Waals surface area contributed by atoms with Crippen LogP contribution in [0.1, 0.15) is 55.4 Å². The molecule has 27 heavy (non-hydrogen) atoms. The van der Waals surface area contributed by atoms with E-state index >= 15 is 0 Å². The van der Waals surface area contributed by atoms with E-state index in [1.54, 1.807) is 6.07 Å². The van der Waals surface area contributed by atoms with Gasteiger partial charge in [0.2, 0.25) is 0 Å². The monoisotopic (exact) mass is 365 g/mol. The van der Waals surface area contributed by atoms with E-state index in [1.165, 1.54) is 44.1 Å². The topological polar surface area (TPSA) is 70.2 Å². The van der Waals surface area contributed by atoms with Crippen LogP contribution in [-0.2, 0) is 0 Å². The highest BCUT2D eigenvalue weighted by Gasteiger charge is 2.16. The fourth-order valence-electron chi connectivity index (χ4n) is 3.94. The van der Waals surface area contributed by atoms with E-state index < -0.39 is 0 Å². The van der Waals surface area contributed by atoms with Crippen LogP contribution in [0.4, 0.5) is 17.2 Å². The zero-order valence-electron chi connectivity index (χ0n) is 15.7. The molecule has 1 saturated heterocycles. The molecule has 6 nitrogen and oxygen atoms in total. The number of anilines is 3. The van der Waals surface area contributed by atoms with Crippen LogP contribution in [0, 0.1) is 0 Å². The van der Waals surface area contributed by atoms with Crippen LogP contribution in [0.2, 0.25) is 0 Å². The second kappa shape index (κ2) is 8.37. The van der Waals surface area contributed by atoms with Gasteiger partial charge < -0.3 is 15.5 Å². The van der Waals surface area contributed by atoms with Crippen molar-refractivity contribution in [2.75, 3.05) is 28.6 Å². The van der Waals surface area contributed by atoms with Crippen LogP contribution < -0.4 is 15.5 Å². The summed E-state index contributed by atoms with van der Waals surface area (Å²) in [4.78, 5) is 23.3. The molecule has 1 amide bonds. The largest absolute Gasteiger partial charge is 0.372 e. The molecule has 1 aromatic carbocycles. The Labute approximate surface area is 160 Å². The summed E-state index contributed by atoms with van der Waals surface area (Å²) in [6, 6.07) is 10.2. The van der Waals surface area contributed by atoms with Gasteiger partial charge in [-0.3, -0.25) is 4.79 Å². The summed E-state index contributed by atoms with van der Waals surface area (Å²) < 4.78 is 0. The van der Waals surface area contributed by atoms with Crippen molar-refractivity contribution < 1.29 is 4.79 Å². The first-order valence-corrected chi connectivity index (χ1v) is 10.0. The Bertz CT molecular complexity index is 764. The molecule has 1 aliphatic carbocycles. The van der Waals surface area contributed by atoms with Gasteiger partial charge in [-0.05, 0) is 49.9 Å². The number of amides is 1. The first-order valence-electron chi connectivity index (χ1n) is 10.0. The highest BCUT2D eigenvalue weighted by Crippen LogP contribution is 2.23. The van der Waals surface area contributed by atoms with Gasteiger partial charge in [0.15, 0.2) is 0 Å². The Morgan fingerprint density at radius 2 is 1.70 bits per heavy atom. The molecule has 2 heterocycles. The fourth-order valence-corrected chi connectivity index (χ4v) is 3.94. The summed E-state index contributed by atoms with van der Waals surface area (Å²) in [6.45, 7) is 2.23. The van der Waals surface area contributed by atoms with E-state index in [0.717, 1.165) is 37.4 Å². The number of carbonyl (C=O) groups excluding carboxylic acids is 1. The van der Waals surface area contributed by atoms with E-state index in [0.29, 0.717) is 11.7 Å². The van der Waals surface area contributed by atoms with Crippen molar-refractivity contribution in [1.82, 2.24) is 9.97 Å². The molecule has 2 fully saturated rings. The van der Waals surface area contributed by atoms with Gasteiger partial charge >= 0.3 is 0 Å². The Balaban J connectivity index is 1.38. The molecular weight excluding hydrogens is 338 g/mol. The maximum atomic E-state index is 12.6. The Morgan fingerprint density at radius 1 is 0.963 bits per heavy atom. The second-order valence-electron chi connectivity index (χ2n) is 7.46. The molecule has 1 saturated carbocycles. The van der Waals surface area contributed by atoms with E-state index in [2.05, 4.69) is 37.6 Å². The van der Waals surface area contributed by atoms with Crippen LogP contribution in [0.15, 0.2) is 36.7 Å². The summed E-state index contributed by atoms with van der Waals surface area (Å²) in [5, 5.41) is 6.37. The lowest BCUT2D eigenvalue weighted by Gasteiger charge is -2.23. The van der Waals surface area contributed by atoms with Gasteiger partial charge in [0.25, 0.3) is 5.91 Å². The molecule has 1 aromatic heterocycles. The fraction of sp³-hybridized carbons (Fsp3) is 0.476. The van der Waals surface area contributed by atoms with Crippen LogP contribution >= 0.6 is 0 Å². The predicted molar refractivity (Wildman–Crippen MR) is 108 cm³/mol. The first-order chi connectivity index (χ1) is 13.3. The maximum absolute atomic E-state index is 12.6. The van der Waals surface area contributed by atoms with E-state index in [4.69, 9.17) is 0 Å². The van der Waals surface area contributed by atoms with Crippen molar-refractivity contribution in [1.29, 1.82) is 0 Å². The van der Waals surface area contributed by atoms with Crippen molar-refractivity contribution in [3.63, 3.8) is 0 Å². The lowest BCUT2D eigenvalue weighted by Crippen LogP contribution is -2.23. The van der Waals surface area contributed by atoms with Crippen LogP contribution in [0.3, 0.4) is 0 Å². The normalized spacial score (nSPS) is 17.7. The number of nitrogens with zero attached hydrogens (tertiary/aromatic N) is 3. The maximum Gasteiger partial charge on any atom is 0.274 e. The van der Waals surface area contributed by atoms with E-state index in [9.17, 15) is 4.79 Å². The molecule has 4 rings (SSSR count). The molecule has 0 bridgehead atoms. The SMILES string of the molecule is O=C(Nc1ccc(N2CCCC2)cc1)c1cc(NC2CCCCC2)ncn1. The number of rotatable bonds is 5. The smallest absolute Gasteiger partial charge is 0.274 e. The summed E-state index contributed by atoms with van der Waals surface area (Å²) in [5.74, 6) is 0.518. The lowest BCUT2D eigenvalue weighted by atomic mass is 9.95. The van der Waals surface area contributed by atoms with Gasteiger partial charge in [0.1, 0.15) is 17.8 Å². The van der Waals surface area contributed by atoms with Crippen molar-refractivity contribution >= 4 is 23.1 Å². The molecule has 0 atom stereocenters. The summed E-state index contributed by atoms with van der Waals surface area (Å²) in [6.07, 6.45) is 10.1. The molecular formula is C21H27N5O. The number of nitrogens with one attached hydrogen (secondary N) is 2. The number of hydrogen-bond acceptors (Lipinski definition) is 5. The molecule has 2 aliphatic rings. The van der Waals surface area contributed by atoms with Crippen LogP contribution in [0.5, 0.6) is 0 Å². The molecule has 0 spiro atoms. The van der Waals surface area contributed by atoms with Gasteiger partial charge in [-0.15, -0.1) is 0 Å². The standard InChI is InChI=1S/C21H27N5O/c27-21(25-17-8-10-18(11-9-17)26-12-4-5-13-26)19-14-20(23-15-22-19)24-16-6-2-1-3-7-16/h8-11,14-16H,1-7,12-13H2,(H,25,27)(H,22,23,24). The third kappa shape index (κ3) is 4.56. The van der Waals surface area contributed by atoms with Gasteiger partial charge in [-0.1, -0.05) is 19.3 Å². The average Bonchev–Trinajstić information content (AvgIpc) is 3.24. The number of hydrogen-bond donors (Lipinski definition) is 2. The number of benzene rings is 1. The molecule has 2 aromatic rings. The Morgan fingerprint density at radius 3 is 2.44 bits per heavy atom. The molecule has 6 heteroatoms. The second-order valence-corrected chi connectivity index (χ2v) is 7.46. The zero-order chi connectivity index (χ0) is 18.5. The minimum absolute atomic E-state index is 0.210. The third-order valence-corrected chi connectivity index (χ3v) is 5.45. The van der Waals surface area contributed by atoms with E-state index in [-0.39, 0.29) is 5.91 Å². The highest BCUT2D eigenvalue weighted by molar-refractivity contribution is 6.03. The predicted octanol–water partition coefficient (Wildman–Crippen LogP) is 4.07. The van der Waals surface area contributed by atoms with E-state index in [1.807, 2.05) is 12.1 Å². The molecule has 2 N–H and O–H groups in total. The Hall–Kier alpha value is -2.63. The number of aromatic nitrogens is 2. The molecule has 0 radical (unpaired) electrons. The van der Waals surface area contributed by atoms with Crippen LogP contribution in [-0.4, -0.2) is 35.0 Å². The first kappa shape index (κ1) is 17.8. The van der Waals surface area contributed by atoms with Gasteiger partial charge in [0.05, 0.1) is 0 Å². The molecule has 0 unspecified atom stereocenters. The van der Waals surface area contributed by atoms with Gasteiger partial charge in [0, 0.05) is 36.6 Å².